The first kappa shape index (κ1) is 26.6. The van der Waals surface area contributed by atoms with Crippen molar-refractivity contribution < 1.29 is 4.79 Å². The number of nitrogens with zero attached hydrogens (tertiary/aromatic N) is 7. The predicted octanol–water partition coefficient (Wildman–Crippen LogP) is 3.94. The minimum Gasteiger partial charge on any atom is -0.338 e. The molecule has 8 heteroatoms. The summed E-state index contributed by atoms with van der Waals surface area (Å²) >= 11 is 0. The molecule has 2 aromatic heterocycles. The summed E-state index contributed by atoms with van der Waals surface area (Å²) in [7, 11) is 4.05. The average Bonchev–Trinajstić information content (AvgIpc) is 3.62. The van der Waals surface area contributed by atoms with Crippen LogP contribution in [0.15, 0.2) is 49.1 Å². The second kappa shape index (κ2) is 11.4. The van der Waals surface area contributed by atoms with Crippen molar-refractivity contribution in [3.05, 3.63) is 71.8 Å². The van der Waals surface area contributed by atoms with Crippen LogP contribution in [0.3, 0.4) is 0 Å². The standard InChI is InChI=1S/C30H43N7O/c1-24(2)19-35-14-9-30(10-15-35)11-16-37(23-30)29(38)26-7-5-25(6-8-26)20-36(21-27-31-12-17-33(27)3)22-28-32-13-18-34(28)4/h5-8,12-13,17-18,24H,9-11,14-16,19-23H2,1-4H3. The zero-order valence-electron chi connectivity index (χ0n) is 23.5. The van der Waals surface area contributed by atoms with Gasteiger partial charge in [0.25, 0.3) is 5.91 Å². The molecule has 0 unspecified atom stereocenters. The molecule has 1 aromatic carbocycles. The average molecular weight is 518 g/mol. The summed E-state index contributed by atoms with van der Waals surface area (Å²) in [6, 6.07) is 8.22. The van der Waals surface area contributed by atoms with Gasteiger partial charge in [-0.25, -0.2) is 9.97 Å². The van der Waals surface area contributed by atoms with Gasteiger partial charge in [-0.05, 0) is 61.4 Å². The van der Waals surface area contributed by atoms with Crippen LogP contribution in [0.4, 0.5) is 0 Å². The molecule has 0 N–H and O–H groups in total. The van der Waals surface area contributed by atoms with E-state index in [-0.39, 0.29) is 5.91 Å². The molecule has 2 fully saturated rings. The zero-order valence-corrected chi connectivity index (χ0v) is 23.5. The van der Waals surface area contributed by atoms with Gasteiger partial charge in [-0.1, -0.05) is 26.0 Å². The third-order valence-corrected chi connectivity index (χ3v) is 8.44. The van der Waals surface area contributed by atoms with Crippen LogP contribution in [0, 0.1) is 11.3 Å². The highest BCUT2D eigenvalue weighted by Gasteiger charge is 2.42. The normalized spacial score (nSPS) is 17.8. The molecule has 1 amide bonds. The summed E-state index contributed by atoms with van der Waals surface area (Å²) in [5, 5.41) is 0. The summed E-state index contributed by atoms with van der Waals surface area (Å²) < 4.78 is 4.12. The third-order valence-electron chi connectivity index (χ3n) is 8.44. The topological polar surface area (TPSA) is 62.4 Å². The van der Waals surface area contributed by atoms with Gasteiger partial charge in [0.2, 0.25) is 0 Å². The molecular weight excluding hydrogens is 474 g/mol. The van der Waals surface area contributed by atoms with Crippen LogP contribution >= 0.6 is 0 Å². The first-order valence-electron chi connectivity index (χ1n) is 14.1. The van der Waals surface area contributed by atoms with Gasteiger partial charge in [0.15, 0.2) is 0 Å². The molecule has 0 atom stereocenters. The summed E-state index contributed by atoms with van der Waals surface area (Å²) in [6.07, 6.45) is 11.2. The molecule has 1 spiro atoms. The third kappa shape index (κ3) is 6.18. The summed E-state index contributed by atoms with van der Waals surface area (Å²) in [4.78, 5) is 29.5. The minimum atomic E-state index is 0.177. The van der Waals surface area contributed by atoms with Crippen molar-refractivity contribution in [2.45, 2.75) is 52.7 Å². The maximum absolute atomic E-state index is 13.4. The fourth-order valence-corrected chi connectivity index (χ4v) is 6.10. The lowest BCUT2D eigenvalue weighted by Crippen LogP contribution is -2.43. The first-order valence-corrected chi connectivity index (χ1v) is 14.1. The van der Waals surface area contributed by atoms with E-state index in [9.17, 15) is 4.79 Å². The van der Waals surface area contributed by atoms with Crippen LogP contribution in [-0.2, 0) is 33.7 Å². The van der Waals surface area contributed by atoms with Crippen LogP contribution < -0.4 is 0 Å². The molecule has 0 bridgehead atoms. The maximum atomic E-state index is 13.4. The monoisotopic (exact) mass is 517 g/mol. The lowest BCUT2D eigenvalue weighted by molar-refractivity contribution is 0.0709. The number of aryl methyl sites for hydroxylation is 2. The van der Waals surface area contributed by atoms with Crippen molar-refractivity contribution in [2.24, 2.45) is 25.4 Å². The molecule has 0 radical (unpaired) electrons. The zero-order chi connectivity index (χ0) is 26.7. The maximum Gasteiger partial charge on any atom is 0.253 e. The molecule has 204 valence electrons. The highest BCUT2D eigenvalue weighted by atomic mass is 16.2. The Bertz CT molecular complexity index is 1160. The highest BCUT2D eigenvalue weighted by molar-refractivity contribution is 5.94. The summed E-state index contributed by atoms with van der Waals surface area (Å²) in [5.41, 5.74) is 2.29. The number of benzene rings is 1. The Kier molecular flexibility index (Phi) is 8.00. The first-order chi connectivity index (χ1) is 18.3. The van der Waals surface area contributed by atoms with Crippen molar-refractivity contribution in [1.29, 1.82) is 0 Å². The highest BCUT2D eigenvalue weighted by Crippen LogP contribution is 2.40. The van der Waals surface area contributed by atoms with Crippen LogP contribution in [0.2, 0.25) is 0 Å². The molecule has 2 aliphatic rings. The summed E-state index contributed by atoms with van der Waals surface area (Å²) in [6.45, 7) is 12.1. The Morgan fingerprint density at radius 2 is 1.47 bits per heavy atom. The lowest BCUT2D eigenvalue weighted by Gasteiger charge is -2.39. The molecule has 0 aliphatic carbocycles. The molecule has 5 rings (SSSR count). The van der Waals surface area contributed by atoms with Gasteiger partial charge in [0, 0.05) is 70.6 Å². The smallest absolute Gasteiger partial charge is 0.253 e. The van der Waals surface area contributed by atoms with E-state index in [1.807, 2.05) is 51.0 Å². The number of hydrogen-bond acceptors (Lipinski definition) is 5. The van der Waals surface area contributed by atoms with E-state index < -0.39 is 0 Å². The largest absolute Gasteiger partial charge is 0.338 e. The van der Waals surface area contributed by atoms with Crippen molar-refractivity contribution >= 4 is 5.91 Å². The van der Waals surface area contributed by atoms with E-state index in [2.05, 4.69) is 59.8 Å². The van der Waals surface area contributed by atoms with E-state index in [0.29, 0.717) is 11.3 Å². The van der Waals surface area contributed by atoms with Crippen LogP contribution in [-0.4, -0.2) is 72.4 Å². The molecule has 4 heterocycles. The number of likely N-dealkylation sites (tertiary alicyclic amines) is 2. The Morgan fingerprint density at radius 1 is 0.895 bits per heavy atom. The fraction of sp³-hybridized carbons (Fsp3) is 0.567. The molecule has 8 nitrogen and oxygen atoms in total. The van der Waals surface area contributed by atoms with Gasteiger partial charge in [-0.2, -0.15) is 0 Å². The number of carbonyl (C=O) groups is 1. The van der Waals surface area contributed by atoms with Crippen molar-refractivity contribution in [3.8, 4) is 0 Å². The number of rotatable bonds is 9. The number of amides is 1. The molecule has 3 aromatic rings. The van der Waals surface area contributed by atoms with Gasteiger partial charge >= 0.3 is 0 Å². The van der Waals surface area contributed by atoms with E-state index >= 15 is 0 Å². The number of imidazole rings is 2. The number of hydrogen-bond donors (Lipinski definition) is 0. The predicted molar refractivity (Wildman–Crippen MR) is 149 cm³/mol. The Labute approximate surface area is 227 Å². The second-order valence-corrected chi connectivity index (χ2v) is 11.9. The van der Waals surface area contributed by atoms with E-state index in [4.69, 9.17) is 0 Å². The Hall–Kier alpha value is -2.97. The lowest BCUT2D eigenvalue weighted by atomic mass is 9.77. The van der Waals surface area contributed by atoms with Gasteiger partial charge in [-0.15, -0.1) is 0 Å². The minimum absolute atomic E-state index is 0.177. The molecule has 0 saturated carbocycles. The van der Waals surface area contributed by atoms with E-state index in [1.54, 1.807) is 0 Å². The number of piperidine rings is 1. The molecule has 38 heavy (non-hydrogen) atoms. The number of aromatic nitrogens is 4. The summed E-state index contributed by atoms with van der Waals surface area (Å²) in [5.74, 6) is 2.93. The van der Waals surface area contributed by atoms with Crippen LogP contribution in [0.5, 0.6) is 0 Å². The van der Waals surface area contributed by atoms with E-state index in [1.165, 1.54) is 38.0 Å². The van der Waals surface area contributed by atoms with Gasteiger partial charge in [0.05, 0.1) is 13.1 Å². The van der Waals surface area contributed by atoms with Crippen LogP contribution in [0.25, 0.3) is 0 Å². The van der Waals surface area contributed by atoms with Crippen molar-refractivity contribution in [1.82, 2.24) is 33.8 Å². The molecule has 2 aliphatic heterocycles. The van der Waals surface area contributed by atoms with E-state index in [0.717, 1.165) is 56.4 Å². The van der Waals surface area contributed by atoms with Crippen LogP contribution in [0.1, 0.15) is 60.7 Å². The second-order valence-electron chi connectivity index (χ2n) is 11.9. The van der Waals surface area contributed by atoms with Gasteiger partial charge in [-0.3, -0.25) is 9.69 Å². The van der Waals surface area contributed by atoms with Crippen molar-refractivity contribution in [3.63, 3.8) is 0 Å². The molecular formula is C30H43N7O. The van der Waals surface area contributed by atoms with Gasteiger partial charge < -0.3 is 18.9 Å². The Balaban J connectivity index is 1.20. The fourth-order valence-electron chi connectivity index (χ4n) is 6.10. The number of carbonyl (C=O) groups excluding carboxylic acids is 1. The van der Waals surface area contributed by atoms with Crippen molar-refractivity contribution in [2.75, 3.05) is 32.7 Å². The quantitative estimate of drug-likeness (QED) is 0.430. The molecule has 2 saturated heterocycles. The Morgan fingerprint density at radius 3 is 2.00 bits per heavy atom. The van der Waals surface area contributed by atoms with Gasteiger partial charge in [0.1, 0.15) is 11.6 Å². The SMILES string of the molecule is CC(C)CN1CCC2(CC1)CCN(C(=O)c1ccc(CN(Cc3nccn3C)Cc3nccn3C)cc1)C2.